The van der Waals surface area contributed by atoms with Gasteiger partial charge in [-0.3, -0.25) is 4.79 Å². The average Bonchev–Trinajstić information content (AvgIpc) is 2.80. The van der Waals surface area contributed by atoms with E-state index in [1.807, 2.05) is 6.92 Å². The van der Waals surface area contributed by atoms with Gasteiger partial charge in [-0.05, 0) is 25.3 Å². The second-order valence-electron chi connectivity index (χ2n) is 3.03. The standard InChI is InChI=1S/C8H16N2O/c1-2-9-6-8(11)10-5-7-3-4-7/h7,9H,2-6H2,1H3,(H,10,11). The molecule has 0 heterocycles. The zero-order valence-electron chi connectivity index (χ0n) is 7.02. The Bertz CT molecular complexity index is 132. The molecule has 0 spiro atoms. The highest BCUT2D eigenvalue weighted by Crippen LogP contribution is 2.27. The molecule has 1 aliphatic carbocycles. The molecule has 3 heteroatoms. The Labute approximate surface area is 67.5 Å². The summed E-state index contributed by atoms with van der Waals surface area (Å²) < 4.78 is 0. The normalized spacial score (nSPS) is 16.5. The number of rotatable bonds is 5. The smallest absolute Gasteiger partial charge is 0.233 e. The maximum Gasteiger partial charge on any atom is 0.233 e. The lowest BCUT2D eigenvalue weighted by Crippen LogP contribution is -2.34. The van der Waals surface area contributed by atoms with E-state index >= 15 is 0 Å². The molecule has 0 atom stereocenters. The number of carbonyl (C=O) groups is 1. The predicted octanol–water partition coefficient (Wildman–Crippen LogP) is 0.122. The van der Waals surface area contributed by atoms with Crippen molar-refractivity contribution in [2.24, 2.45) is 5.92 Å². The molecule has 64 valence electrons. The van der Waals surface area contributed by atoms with Gasteiger partial charge in [-0.25, -0.2) is 0 Å². The number of hydrogen-bond donors (Lipinski definition) is 2. The second kappa shape index (κ2) is 4.34. The van der Waals surface area contributed by atoms with E-state index < -0.39 is 0 Å². The lowest BCUT2D eigenvalue weighted by Gasteiger charge is -2.03. The Balaban J connectivity index is 1.91. The largest absolute Gasteiger partial charge is 0.355 e. The fourth-order valence-corrected chi connectivity index (χ4v) is 0.881. The average molecular weight is 156 g/mol. The highest BCUT2D eigenvalue weighted by molar-refractivity contribution is 5.77. The first kappa shape index (κ1) is 8.53. The first-order valence-corrected chi connectivity index (χ1v) is 4.30. The van der Waals surface area contributed by atoms with Crippen LogP contribution in [0.2, 0.25) is 0 Å². The summed E-state index contributed by atoms with van der Waals surface area (Å²) in [4.78, 5) is 11.0. The van der Waals surface area contributed by atoms with E-state index in [9.17, 15) is 4.79 Å². The van der Waals surface area contributed by atoms with Crippen molar-refractivity contribution in [1.82, 2.24) is 10.6 Å². The van der Waals surface area contributed by atoms with Crippen LogP contribution in [0.25, 0.3) is 0 Å². The molecule has 0 aromatic carbocycles. The quantitative estimate of drug-likeness (QED) is 0.593. The molecule has 11 heavy (non-hydrogen) atoms. The third kappa shape index (κ3) is 3.98. The fourth-order valence-electron chi connectivity index (χ4n) is 0.881. The molecule has 0 aromatic heterocycles. The summed E-state index contributed by atoms with van der Waals surface area (Å²) >= 11 is 0. The van der Waals surface area contributed by atoms with Gasteiger partial charge in [0.1, 0.15) is 0 Å². The summed E-state index contributed by atoms with van der Waals surface area (Å²) in [6.07, 6.45) is 2.59. The molecular weight excluding hydrogens is 140 g/mol. The van der Waals surface area contributed by atoms with E-state index in [2.05, 4.69) is 10.6 Å². The van der Waals surface area contributed by atoms with Gasteiger partial charge in [-0.2, -0.15) is 0 Å². The molecule has 0 aliphatic heterocycles. The minimum atomic E-state index is 0.124. The van der Waals surface area contributed by atoms with Crippen molar-refractivity contribution in [2.75, 3.05) is 19.6 Å². The van der Waals surface area contributed by atoms with E-state index in [-0.39, 0.29) is 5.91 Å². The van der Waals surface area contributed by atoms with Crippen LogP contribution in [0.1, 0.15) is 19.8 Å². The van der Waals surface area contributed by atoms with Crippen LogP contribution in [0.3, 0.4) is 0 Å². The molecule has 0 unspecified atom stereocenters. The summed E-state index contributed by atoms with van der Waals surface area (Å²) in [6.45, 7) is 4.19. The van der Waals surface area contributed by atoms with Crippen LogP contribution in [-0.2, 0) is 4.79 Å². The summed E-state index contributed by atoms with van der Waals surface area (Å²) in [5.74, 6) is 0.902. The van der Waals surface area contributed by atoms with Crippen molar-refractivity contribution in [1.29, 1.82) is 0 Å². The summed E-state index contributed by atoms with van der Waals surface area (Å²) in [7, 11) is 0. The van der Waals surface area contributed by atoms with E-state index in [4.69, 9.17) is 0 Å². The van der Waals surface area contributed by atoms with Crippen LogP contribution < -0.4 is 10.6 Å². The van der Waals surface area contributed by atoms with Crippen molar-refractivity contribution in [3.63, 3.8) is 0 Å². The van der Waals surface area contributed by atoms with Crippen molar-refractivity contribution in [3.8, 4) is 0 Å². The summed E-state index contributed by atoms with van der Waals surface area (Å²) in [6, 6.07) is 0. The van der Waals surface area contributed by atoms with E-state index in [1.54, 1.807) is 0 Å². The minimum Gasteiger partial charge on any atom is -0.355 e. The predicted molar refractivity (Wildman–Crippen MR) is 44.3 cm³/mol. The number of nitrogens with one attached hydrogen (secondary N) is 2. The lowest BCUT2D eigenvalue weighted by molar-refractivity contribution is -0.120. The molecule has 0 radical (unpaired) electrons. The van der Waals surface area contributed by atoms with Gasteiger partial charge >= 0.3 is 0 Å². The topological polar surface area (TPSA) is 41.1 Å². The van der Waals surface area contributed by atoms with Crippen molar-refractivity contribution in [2.45, 2.75) is 19.8 Å². The first-order chi connectivity index (χ1) is 5.33. The van der Waals surface area contributed by atoms with Crippen LogP contribution >= 0.6 is 0 Å². The molecule has 2 N–H and O–H groups in total. The van der Waals surface area contributed by atoms with Crippen molar-refractivity contribution >= 4 is 5.91 Å². The summed E-state index contributed by atoms with van der Waals surface area (Å²) in [5, 5.41) is 5.86. The van der Waals surface area contributed by atoms with Gasteiger partial charge in [-0.15, -0.1) is 0 Å². The molecule has 1 rings (SSSR count). The van der Waals surface area contributed by atoms with Crippen LogP contribution in [0.5, 0.6) is 0 Å². The lowest BCUT2D eigenvalue weighted by atomic mass is 10.4. The van der Waals surface area contributed by atoms with Crippen molar-refractivity contribution in [3.05, 3.63) is 0 Å². The number of likely N-dealkylation sites (N-methyl/N-ethyl adjacent to an activating group) is 1. The molecule has 1 aliphatic rings. The Morgan fingerprint density at radius 2 is 2.27 bits per heavy atom. The van der Waals surface area contributed by atoms with E-state index in [1.165, 1.54) is 12.8 Å². The van der Waals surface area contributed by atoms with Gasteiger partial charge in [-0.1, -0.05) is 6.92 Å². The van der Waals surface area contributed by atoms with Gasteiger partial charge in [0.05, 0.1) is 6.54 Å². The molecule has 1 saturated carbocycles. The zero-order chi connectivity index (χ0) is 8.10. The number of hydrogen-bond acceptors (Lipinski definition) is 2. The maximum atomic E-state index is 11.0. The number of carbonyl (C=O) groups excluding carboxylic acids is 1. The molecule has 3 nitrogen and oxygen atoms in total. The zero-order valence-corrected chi connectivity index (χ0v) is 7.02. The Morgan fingerprint density at radius 3 is 2.82 bits per heavy atom. The fraction of sp³-hybridized carbons (Fsp3) is 0.875. The third-order valence-corrected chi connectivity index (χ3v) is 1.82. The van der Waals surface area contributed by atoms with Crippen LogP contribution in [0.4, 0.5) is 0 Å². The van der Waals surface area contributed by atoms with Crippen LogP contribution in [0, 0.1) is 5.92 Å². The van der Waals surface area contributed by atoms with Gasteiger partial charge in [0.15, 0.2) is 0 Å². The molecular formula is C8H16N2O. The summed E-state index contributed by atoms with van der Waals surface area (Å²) in [5.41, 5.74) is 0. The minimum absolute atomic E-state index is 0.124. The molecule has 1 fully saturated rings. The van der Waals surface area contributed by atoms with Gasteiger partial charge < -0.3 is 10.6 Å². The maximum absolute atomic E-state index is 11.0. The molecule has 0 saturated heterocycles. The Morgan fingerprint density at radius 1 is 1.55 bits per heavy atom. The monoisotopic (exact) mass is 156 g/mol. The van der Waals surface area contributed by atoms with E-state index in [0.717, 1.165) is 19.0 Å². The van der Waals surface area contributed by atoms with Crippen LogP contribution in [0.15, 0.2) is 0 Å². The van der Waals surface area contributed by atoms with Crippen molar-refractivity contribution < 1.29 is 4.79 Å². The van der Waals surface area contributed by atoms with E-state index in [0.29, 0.717) is 6.54 Å². The van der Waals surface area contributed by atoms with Gasteiger partial charge in [0.2, 0.25) is 5.91 Å². The SMILES string of the molecule is CCNCC(=O)NCC1CC1. The molecule has 0 bridgehead atoms. The van der Waals surface area contributed by atoms with Gasteiger partial charge in [0, 0.05) is 6.54 Å². The van der Waals surface area contributed by atoms with Crippen LogP contribution in [-0.4, -0.2) is 25.5 Å². The molecule has 1 amide bonds. The highest BCUT2D eigenvalue weighted by Gasteiger charge is 2.21. The van der Waals surface area contributed by atoms with Gasteiger partial charge in [0.25, 0.3) is 0 Å². The second-order valence-corrected chi connectivity index (χ2v) is 3.03. The Hall–Kier alpha value is -0.570. The first-order valence-electron chi connectivity index (χ1n) is 4.30. The molecule has 0 aromatic rings. The third-order valence-electron chi connectivity index (χ3n) is 1.82. The number of amides is 1. The Kier molecular flexibility index (Phi) is 3.36. The highest BCUT2D eigenvalue weighted by atomic mass is 16.1.